The van der Waals surface area contributed by atoms with Crippen LogP contribution >= 0.6 is 0 Å². The van der Waals surface area contributed by atoms with E-state index in [1.165, 1.54) is 31.5 Å². The Morgan fingerprint density at radius 3 is 2.39 bits per heavy atom. The lowest BCUT2D eigenvalue weighted by molar-refractivity contribution is 0.0131. The van der Waals surface area contributed by atoms with Gasteiger partial charge in [0.2, 0.25) is 0 Å². The van der Waals surface area contributed by atoms with Gasteiger partial charge in [0.25, 0.3) is 5.56 Å². The molecule has 3 aromatic rings. The van der Waals surface area contributed by atoms with E-state index in [-0.39, 0.29) is 29.7 Å². The van der Waals surface area contributed by atoms with Crippen LogP contribution in [0.5, 0.6) is 5.75 Å². The first-order valence-corrected chi connectivity index (χ1v) is 13.3. The highest BCUT2D eigenvalue weighted by atomic mass is 19.1. The van der Waals surface area contributed by atoms with Gasteiger partial charge < -0.3 is 19.5 Å². The van der Waals surface area contributed by atoms with E-state index in [2.05, 4.69) is 10.2 Å². The maximum atomic E-state index is 15.4. The maximum Gasteiger partial charge on any atom is 0.408 e. The summed E-state index contributed by atoms with van der Waals surface area (Å²) in [6, 6.07) is 8.91. The molecule has 41 heavy (non-hydrogen) atoms. The van der Waals surface area contributed by atoms with E-state index < -0.39 is 35.3 Å². The highest BCUT2D eigenvalue weighted by Gasteiger charge is 2.58. The van der Waals surface area contributed by atoms with Gasteiger partial charge in [-0.1, -0.05) is 0 Å². The molecule has 0 spiro atoms. The molecule has 5 rings (SSSR count). The average molecular weight is 570 g/mol. The fourth-order valence-electron chi connectivity index (χ4n) is 6.46. The maximum absolute atomic E-state index is 15.4. The van der Waals surface area contributed by atoms with Gasteiger partial charge in [-0.25, -0.2) is 13.6 Å². The molecule has 2 saturated heterocycles. The molecule has 4 heterocycles. The third-order valence-electron chi connectivity index (χ3n) is 8.50. The summed E-state index contributed by atoms with van der Waals surface area (Å²) in [7, 11) is 3.38. The van der Waals surface area contributed by atoms with E-state index in [1.807, 2.05) is 25.8 Å². The van der Waals surface area contributed by atoms with Gasteiger partial charge >= 0.3 is 6.09 Å². The number of amides is 1. The number of ether oxygens (including phenoxy) is 2. The second kappa shape index (κ2) is 10.7. The van der Waals surface area contributed by atoms with Crippen molar-refractivity contribution in [2.45, 2.75) is 63.4 Å². The Morgan fingerprint density at radius 2 is 1.83 bits per heavy atom. The van der Waals surface area contributed by atoms with Crippen molar-refractivity contribution in [3.8, 4) is 28.1 Å². The Hall–Kier alpha value is -4.06. The van der Waals surface area contributed by atoms with Gasteiger partial charge in [0.05, 0.1) is 5.69 Å². The first-order chi connectivity index (χ1) is 19.5. The fraction of sp³-hybridized carbons (Fsp3) is 0.448. The number of carbonyl (C=O) groups is 1. The molecule has 2 aliphatic rings. The second-order valence-corrected chi connectivity index (χ2v) is 11.3. The van der Waals surface area contributed by atoms with Gasteiger partial charge in [0.1, 0.15) is 11.6 Å². The monoisotopic (exact) mass is 569 g/mol. The number of hydrogen-bond acceptors (Lipinski definition) is 7. The number of halogens is 2. The van der Waals surface area contributed by atoms with Crippen molar-refractivity contribution in [1.29, 1.82) is 0 Å². The minimum Gasteiger partial charge on any atom is -0.467 e. The molecule has 2 unspecified atom stereocenters. The van der Waals surface area contributed by atoms with Gasteiger partial charge in [-0.05, 0) is 75.4 Å². The third-order valence-corrected chi connectivity index (χ3v) is 8.50. The number of methoxy groups -OCH3 is 1. The Morgan fingerprint density at radius 1 is 1.12 bits per heavy atom. The fourth-order valence-corrected chi connectivity index (χ4v) is 6.46. The standard InChI is InChI=1S/C29H33F2N5O5/c1-28-8-9-29(2,36(28)27(38)39)15-19(14-28)34(3)25-6-5-23(32-33-25)21-12-22(31)20(13-24(21)41-17-40-4)18-7-10-35(16-30)26(37)11-18/h5-7,10-13,19H,8-9,14-17H2,1-4H3,(H,38,39). The summed E-state index contributed by atoms with van der Waals surface area (Å²) in [6.07, 6.45) is 3.35. The Balaban J connectivity index is 1.43. The summed E-state index contributed by atoms with van der Waals surface area (Å²) < 4.78 is 40.0. The molecule has 1 N–H and O–H groups in total. The van der Waals surface area contributed by atoms with Crippen LogP contribution in [-0.4, -0.2) is 68.9 Å². The molecule has 2 bridgehead atoms. The quantitative estimate of drug-likeness (QED) is 0.381. The van der Waals surface area contributed by atoms with Gasteiger partial charge in [-0.3, -0.25) is 14.3 Å². The second-order valence-electron chi connectivity index (χ2n) is 11.3. The number of pyridine rings is 1. The van der Waals surface area contributed by atoms with Crippen LogP contribution in [0, 0.1) is 5.82 Å². The number of fused-ring (bicyclic) bond motifs is 2. The van der Waals surface area contributed by atoms with Crippen LogP contribution in [0.1, 0.15) is 39.5 Å². The highest BCUT2D eigenvalue weighted by Crippen LogP contribution is 2.51. The van der Waals surface area contributed by atoms with Crippen molar-refractivity contribution in [2.75, 3.05) is 25.9 Å². The van der Waals surface area contributed by atoms with E-state index in [1.54, 1.807) is 17.0 Å². The number of alkyl halides is 1. The normalized spacial score (nSPS) is 23.5. The number of aromatic nitrogens is 3. The summed E-state index contributed by atoms with van der Waals surface area (Å²) >= 11 is 0. The van der Waals surface area contributed by atoms with Crippen molar-refractivity contribution >= 4 is 11.9 Å². The van der Waals surface area contributed by atoms with Crippen molar-refractivity contribution in [2.24, 2.45) is 0 Å². The van der Waals surface area contributed by atoms with Crippen molar-refractivity contribution in [1.82, 2.24) is 19.7 Å². The predicted molar refractivity (Wildman–Crippen MR) is 148 cm³/mol. The number of benzene rings is 1. The zero-order valence-corrected chi connectivity index (χ0v) is 23.4. The van der Waals surface area contributed by atoms with E-state index in [4.69, 9.17) is 9.47 Å². The van der Waals surface area contributed by atoms with E-state index in [0.29, 0.717) is 29.9 Å². The van der Waals surface area contributed by atoms with E-state index in [9.17, 15) is 19.1 Å². The first kappa shape index (κ1) is 28.5. The molecule has 0 saturated carbocycles. The summed E-state index contributed by atoms with van der Waals surface area (Å²) in [5.74, 6) is 0.262. The lowest BCUT2D eigenvalue weighted by Gasteiger charge is -2.51. The van der Waals surface area contributed by atoms with Crippen LogP contribution in [0.2, 0.25) is 0 Å². The summed E-state index contributed by atoms with van der Waals surface area (Å²) in [5.41, 5.74) is -0.397. The van der Waals surface area contributed by atoms with E-state index >= 15 is 4.39 Å². The third kappa shape index (κ3) is 5.12. The lowest BCUT2D eigenvalue weighted by Crippen LogP contribution is -2.62. The van der Waals surface area contributed by atoms with Crippen LogP contribution in [0.4, 0.5) is 19.4 Å². The number of piperidine rings is 1. The molecular weight excluding hydrogens is 536 g/mol. The molecule has 0 radical (unpaired) electrons. The molecule has 2 aliphatic heterocycles. The summed E-state index contributed by atoms with van der Waals surface area (Å²) in [5, 5.41) is 18.6. The molecule has 2 aromatic heterocycles. The van der Waals surface area contributed by atoms with Crippen molar-refractivity contribution in [3.05, 3.63) is 58.8 Å². The largest absolute Gasteiger partial charge is 0.467 e. The first-order valence-electron chi connectivity index (χ1n) is 13.3. The number of anilines is 1. The predicted octanol–water partition coefficient (Wildman–Crippen LogP) is 4.91. The van der Waals surface area contributed by atoms with Crippen LogP contribution < -0.4 is 15.2 Å². The zero-order chi connectivity index (χ0) is 29.5. The molecular formula is C29H33F2N5O5. The highest BCUT2D eigenvalue weighted by molar-refractivity contribution is 5.75. The number of carboxylic acid groups (broad SMARTS) is 1. The van der Waals surface area contributed by atoms with Gasteiger partial charge in [-0.15, -0.1) is 10.2 Å². The summed E-state index contributed by atoms with van der Waals surface area (Å²) in [4.78, 5) is 27.8. The van der Waals surface area contributed by atoms with E-state index in [0.717, 1.165) is 23.5 Å². The number of nitrogens with zero attached hydrogens (tertiary/aromatic N) is 5. The number of rotatable bonds is 8. The molecule has 2 atom stereocenters. The summed E-state index contributed by atoms with van der Waals surface area (Å²) in [6.45, 7) is 2.93. The van der Waals surface area contributed by atoms with Gasteiger partial charge in [-0.2, -0.15) is 0 Å². The SMILES string of the molecule is COCOc1cc(-c2ccn(CF)c(=O)c2)c(F)cc1-c1ccc(N(C)C2CC3(C)CCC(C)(C2)N3C(=O)O)nn1. The molecule has 12 heteroatoms. The minimum atomic E-state index is -0.979. The average Bonchev–Trinajstić information content (AvgIpc) is 3.12. The van der Waals surface area contributed by atoms with Gasteiger partial charge in [0, 0.05) is 54.7 Å². The van der Waals surface area contributed by atoms with Crippen molar-refractivity contribution < 1.29 is 28.2 Å². The molecule has 1 amide bonds. The molecule has 0 aliphatic carbocycles. The lowest BCUT2D eigenvalue weighted by atomic mass is 9.82. The van der Waals surface area contributed by atoms with Crippen LogP contribution in [0.25, 0.3) is 22.4 Å². The van der Waals surface area contributed by atoms with Crippen LogP contribution in [-0.2, 0) is 11.5 Å². The minimum absolute atomic E-state index is 0.0634. The van der Waals surface area contributed by atoms with Crippen LogP contribution in [0.3, 0.4) is 0 Å². The Kier molecular flexibility index (Phi) is 7.45. The topological polar surface area (TPSA) is 110 Å². The Bertz CT molecular complexity index is 1500. The molecule has 1 aromatic carbocycles. The Labute approximate surface area is 236 Å². The molecule has 218 valence electrons. The zero-order valence-electron chi connectivity index (χ0n) is 23.4. The molecule has 2 fully saturated rings. The smallest absolute Gasteiger partial charge is 0.408 e. The molecule has 10 nitrogen and oxygen atoms in total. The number of hydrogen-bond donors (Lipinski definition) is 1. The van der Waals surface area contributed by atoms with Crippen LogP contribution in [0.15, 0.2) is 47.4 Å². The van der Waals surface area contributed by atoms with Gasteiger partial charge in [0.15, 0.2) is 19.4 Å². The van der Waals surface area contributed by atoms with Crippen molar-refractivity contribution in [3.63, 3.8) is 0 Å².